The number of hydrogen-bond acceptors (Lipinski definition) is 3. The van der Waals surface area contributed by atoms with Crippen molar-refractivity contribution in [3.63, 3.8) is 0 Å². The van der Waals surface area contributed by atoms with E-state index in [0.717, 1.165) is 25.4 Å². The summed E-state index contributed by atoms with van der Waals surface area (Å²) in [5.41, 5.74) is 5.95. The van der Waals surface area contributed by atoms with Gasteiger partial charge >= 0.3 is 0 Å². The summed E-state index contributed by atoms with van der Waals surface area (Å²) >= 11 is 0. The van der Waals surface area contributed by atoms with E-state index in [9.17, 15) is 0 Å². The maximum absolute atomic E-state index is 5.95. The third-order valence-electron chi connectivity index (χ3n) is 3.24. The number of hydrogen-bond donors (Lipinski definition) is 1. The molecule has 14 heavy (non-hydrogen) atoms. The third kappa shape index (κ3) is 2.47. The molecule has 2 aliphatic heterocycles. The molecule has 0 saturated carbocycles. The van der Waals surface area contributed by atoms with Gasteiger partial charge in [0.1, 0.15) is 0 Å². The molecule has 2 N–H and O–H groups in total. The molecule has 1 fully saturated rings. The molecule has 0 radical (unpaired) electrons. The van der Waals surface area contributed by atoms with Crippen LogP contribution >= 0.6 is 0 Å². The van der Waals surface area contributed by atoms with Gasteiger partial charge in [0.05, 0.1) is 11.9 Å². The fourth-order valence-corrected chi connectivity index (χ4v) is 2.37. The van der Waals surface area contributed by atoms with Crippen LogP contribution in [0.1, 0.15) is 38.5 Å². The van der Waals surface area contributed by atoms with Crippen molar-refractivity contribution in [2.24, 2.45) is 16.6 Å². The summed E-state index contributed by atoms with van der Waals surface area (Å²) in [5.74, 6) is 1.36. The zero-order valence-corrected chi connectivity index (χ0v) is 8.74. The van der Waals surface area contributed by atoms with Crippen molar-refractivity contribution in [3.8, 4) is 0 Å². The first-order valence-corrected chi connectivity index (χ1v) is 5.77. The van der Waals surface area contributed by atoms with Crippen molar-refractivity contribution in [1.82, 2.24) is 0 Å². The highest BCUT2D eigenvalue weighted by Crippen LogP contribution is 2.24. The molecule has 0 bridgehead atoms. The van der Waals surface area contributed by atoms with Gasteiger partial charge in [-0.05, 0) is 32.1 Å². The van der Waals surface area contributed by atoms with Crippen LogP contribution < -0.4 is 5.73 Å². The smallest absolute Gasteiger partial charge is 0.0969 e. The lowest BCUT2D eigenvalue weighted by Gasteiger charge is -2.18. The Morgan fingerprint density at radius 3 is 3.00 bits per heavy atom. The summed E-state index contributed by atoms with van der Waals surface area (Å²) in [4.78, 5) is 4.39. The van der Waals surface area contributed by atoms with E-state index in [2.05, 4.69) is 4.99 Å². The predicted octanol–water partition coefficient (Wildman–Crippen LogP) is 1.71. The van der Waals surface area contributed by atoms with Crippen LogP contribution in [0.3, 0.4) is 0 Å². The number of nitrogens with two attached hydrogens (primary N) is 1. The fraction of sp³-hybridized carbons (Fsp3) is 0.909. The first-order valence-electron chi connectivity index (χ1n) is 5.77. The minimum absolute atomic E-state index is 0.451. The lowest BCUT2D eigenvalue weighted by molar-refractivity contribution is 0.0957. The van der Waals surface area contributed by atoms with Crippen molar-refractivity contribution < 1.29 is 4.74 Å². The molecule has 2 rings (SSSR count). The molecule has 0 spiro atoms. The minimum Gasteiger partial charge on any atom is -0.387 e. The first-order chi connectivity index (χ1) is 6.86. The average Bonchev–Trinajstić information content (AvgIpc) is 2.60. The van der Waals surface area contributed by atoms with E-state index in [-0.39, 0.29) is 0 Å². The Kier molecular flexibility index (Phi) is 3.40. The summed E-state index contributed by atoms with van der Waals surface area (Å²) < 4.78 is 5.63. The first kappa shape index (κ1) is 9.97. The van der Waals surface area contributed by atoms with Crippen LogP contribution in [0.25, 0.3) is 0 Å². The highest BCUT2D eigenvalue weighted by molar-refractivity contribution is 5.83. The summed E-state index contributed by atoms with van der Waals surface area (Å²) in [6.07, 6.45) is 7.64. The molecule has 2 heterocycles. The molecule has 2 unspecified atom stereocenters. The summed E-state index contributed by atoms with van der Waals surface area (Å²) in [6.45, 7) is 1.86. The Morgan fingerprint density at radius 1 is 1.29 bits per heavy atom. The van der Waals surface area contributed by atoms with E-state index in [0.29, 0.717) is 12.0 Å². The van der Waals surface area contributed by atoms with E-state index >= 15 is 0 Å². The summed E-state index contributed by atoms with van der Waals surface area (Å²) in [5, 5.41) is 0. The minimum atomic E-state index is 0.451. The van der Waals surface area contributed by atoms with Gasteiger partial charge in [0.25, 0.3) is 0 Å². The zero-order chi connectivity index (χ0) is 9.80. The Hall–Kier alpha value is -0.570. The molecular formula is C11H20N2O. The van der Waals surface area contributed by atoms with Crippen LogP contribution in [0.4, 0.5) is 0 Å². The normalized spacial score (nSPS) is 33.9. The molecule has 0 aromatic rings. The third-order valence-corrected chi connectivity index (χ3v) is 3.24. The van der Waals surface area contributed by atoms with Crippen molar-refractivity contribution >= 4 is 5.84 Å². The van der Waals surface area contributed by atoms with Crippen molar-refractivity contribution in [2.45, 2.75) is 44.6 Å². The lowest BCUT2D eigenvalue weighted by Crippen LogP contribution is -2.26. The van der Waals surface area contributed by atoms with Crippen LogP contribution in [0.5, 0.6) is 0 Å². The van der Waals surface area contributed by atoms with Crippen LogP contribution in [-0.2, 0) is 4.74 Å². The number of rotatable bonds is 2. The molecule has 2 aliphatic rings. The van der Waals surface area contributed by atoms with Gasteiger partial charge in [-0.2, -0.15) is 0 Å². The van der Waals surface area contributed by atoms with Crippen molar-refractivity contribution in [1.29, 1.82) is 0 Å². The van der Waals surface area contributed by atoms with Crippen LogP contribution in [0, 0.1) is 5.92 Å². The van der Waals surface area contributed by atoms with Crippen LogP contribution in [-0.4, -0.2) is 25.1 Å². The van der Waals surface area contributed by atoms with Crippen LogP contribution in [0.2, 0.25) is 0 Å². The molecule has 2 atom stereocenters. The maximum Gasteiger partial charge on any atom is 0.0969 e. The second-order valence-electron chi connectivity index (χ2n) is 4.37. The van der Waals surface area contributed by atoms with Gasteiger partial charge in [-0.25, -0.2) is 0 Å². The molecule has 0 aliphatic carbocycles. The van der Waals surface area contributed by atoms with Gasteiger partial charge in [-0.3, -0.25) is 4.99 Å². The largest absolute Gasteiger partial charge is 0.387 e. The van der Waals surface area contributed by atoms with Gasteiger partial charge in [0, 0.05) is 19.1 Å². The number of amidine groups is 1. The molecule has 0 aromatic heterocycles. The maximum atomic E-state index is 5.95. The zero-order valence-electron chi connectivity index (χ0n) is 8.74. The summed E-state index contributed by atoms with van der Waals surface area (Å²) in [7, 11) is 0. The molecule has 80 valence electrons. The van der Waals surface area contributed by atoms with Crippen LogP contribution in [0.15, 0.2) is 4.99 Å². The molecule has 3 nitrogen and oxygen atoms in total. The molecule has 3 heteroatoms. The molecule has 0 amide bonds. The second kappa shape index (κ2) is 4.78. The molecule has 1 saturated heterocycles. The van der Waals surface area contributed by atoms with Gasteiger partial charge in [0.15, 0.2) is 0 Å². The SMILES string of the molecule is NC1=NCCCCC1CC1CCCO1. The number of nitrogens with zero attached hydrogens (tertiary/aromatic N) is 1. The Bertz CT molecular complexity index is 209. The average molecular weight is 196 g/mol. The van der Waals surface area contributed by atoms with Gasteiger partial charge in [0.2, 0.25) is 0 Å². The van der Waals surface area contributed by atoms with Gasteiger partial charge < -0.3 is 10.5 Å². The molecular weight excluding hydrogens is 176 g/mol. The highest BCUT2D eigenvalue weighted by atomic mass is 16.5. The topological polar surface area (TPSA) is 47.6 Å². The van der Waals surface area contributed by atoms with E-state index in [4.69, 9.17) is 10.5 Å². The quantitative estimate of drug-likeness (QED) is 0.731. The lowest BCUT2D eigenvalue weighted by atomic mass is 9.94. The Morgan fingerprint density at radius 2 is 2.21 bits per heavy atom. The predicted molar refractivity (Wildman–Crippen MR) is 57.4 cm³/mol. The van der Waals surface area contributed by atoms with E-state index < -0.39 is 0 Å². The fourth-order valence-electron chi connectivity index (χ4n) is 2.37. The summed E-state index contributed by atoms with van der Waals surface area (Å²) in [6, 6.07) is 0. The monoisotopic (exact) mass is 196 g/mol. The second-order valence-corrected chi connectivity index (χ2v) is 4.37. The van der Waals surface area contributed by atoms with E-state index in [1.54, 1.807) is 0 Å². The van der Waals surface area contributed by atoms with E-state index in [1.807, 2.05) is 0 Å². The molecule has 0 aromatic carbocycles. The Labute approximate surface area is 85.7 Å². The van der Waals surface area contributed by atoms with Crippen molar-refractivity contribution in [2.75, 3.05) is 13.2 Å². The van der Waals surface area contributed by atoms with Crippen molar-refractivity contribution in [3.05, 3.63) is 0 Å². The Balaban J connectivity index is 1.87. The van der Waals surface area contributed by atoms with E-state index in [1.165, 1.54) is 32.1 Å². The standard InChI is InChI=1S/C11H20N2O/c12-11-9(4-1-2-6-13-11)8-10-5-3-7-14-10/h9-10H,1-8H2,(H2,12,13). The number of ether oxygens (including phenoxy) is 1. The number of aliphatic imine (C=N–C) groups is 1. The van der Waals surface area contributed by atoms with Gasteiger partial charge in [-0.1, -0.05) is 6.42 Å². The highest BCUT2D eigenvalue weighted by Gasteiger charge is 2.23. The van der Waals surface area contributed by atoms with Gasteiger partial charge in [-0.15, -0.1) is 0 Å².